The van der Waals surface area contributed by atoms with Crippen molar-refractivity contribution in [2.45, 2.75) is 32.4 Å². The quantitative estimate of drug-likeness (QED) is 0.559. The first kappa shape index (κ1) is 20.1. The summed E-state index contributed by atoms with van der Waals surface area (Å²) in [6.45, 7) is 3.80. The Morgan fingerprint density at radius 2 is 1.93 bits per heavy atom. The summed E-state index contributed by atoms with van der Waals surface area (Å²) in [5.41, 5.74) is 3.45. The maximum absolute atomic E-state index is 13.4. The van der Waals surface area contributed by atoms with Gasteiger partial charge in [-0.3, -0.25) is 0 Å². The Hall–Kier alpha value is -2.61. The van der Waals surface area contributed by atoms with E-state index in [0.29, 0.717) is 35.3 Å². The molecule has 28 heavy (non-hydrogen) atoms. The van der Waals surface area contributed by atoms with Gasteiger partial charge in [-0.1, -0.05) is 13.8 Å². The molecule has 0 N–H and O–H groups in total. The van der Waals surface area contributed by atoms with E-state index in [1.165, 1.54) is 13.3 Å². The van der Waals surface area contributed by atoms with Gasteiger partial charge in [-0.2, -0.15) is 4.39 Å². The molecule has 3 aromatic rings. The van der Waals surface area contributed by atoms with Gasteiger partial charge in [0.25, 0.3) is 0 Å². The average Bonchev–Trinajstić information content (AvgIpc) is 2.66. The van der Waals surface area contributed by atoms with Crippen LogP contribution in [0.15, 0.2) is 30.5 Å². The molecule has 0 unspecified atom stereocenters. The number of pyridine rings is 1. The molecule has 0 atom stereocenters. The fourth-order valence-corrected chi connectivity index (χ4v) is 4.54. The van der Waals surface area contributed by atoms with Crippen LogP contribution in [-0.2, 0) is 22.0 Å². The lowest BCUT2D eigenvalue weighted by atomic mass is 9.99. The number of nitrogens with zero attached hydrogens (tertiary/aromatic N) is 3. The molecule has 0 aliphatic heterocycles. The Morgan fingerprint density at radius 1 is 1.14 bits per heavy atom. The van der Waals surface area contributed by atoms with Crippen LogP contribution in [0.3, 0.4) is 0 Å². The fourth-order valence-electron chi connectivity index (χ4n) is 3.17. The van der Waals surface area contributed by atoms with Crippen LogP contribution in [0.25, 0.3) is 22.0 Å². The number of hydrogen-bond acceptors (Lipinski definition) is 6. The standard InChI is InChI=1S/C20H22FN3O3S/c1-4-8-28(25,26)12-16-6-7-17(19(23-16)27-3)14-9-13(5-2)18-15(10-14)11-22-20(21)24-18/h6-7,9-11H,4-5,8,12H2,1-3H3. The zero-order chi connectivity index (χ0) is 20.3. The minimum Gasteiger partial charge on any atom is -0.481 e. The van der Waals surface area contributed by atoms with E-state index in [-0.39, 0.29) is 11.5 Å². The van der Waals surface area contributed by atoms with Crippen LogP contribution >= 0.6 is 0 Å². The molecule has 0 fully saturated rings. The molecule has 0 radical (unpaired) electrons. The smallest absolute Gasteiger partial charge is 0.309 e. The number of aryl methyl sites for hydroxylation is 1. The maximum atomic E-state index is 13.4. The van der Waals surface area contributed by atoms with E-state index < -0.39 is 15.9 Å². The van der Waals surface area contributed by atoms with E-state index in [4.69, 9.17) is 4.74 Å². The van der Waals surface area contributed by atoms with E-state index >= 15 is 0 Å². The minimum absolute atomic E-state index is 0.122. The van der Waals surface area contributed by atoms with Crippen molar-refractivity contribution < 1.29 is 17.5 Å². The van der Waals surface area contributed by atoms with E-state index in [2.05, 4.69) is 15.0 Å². The van der Waals surface area contributed by atoms with Gasteiger partial charge in [0.1, 0.15) is 0 Å². The lowest BCUT2D eigenvalue weighted by Gasteiger charge is -2.12. The van der Waals surface area contributed by atoms with Crippen molar-refractivity contribution in [1.82, 2.24) is 15.0 Å². The Balaban J connectivity index is 2.07. The highest BCUT2D eigenvalue weighted by atomic mass is 32.2. The third-order valence-electron chi connectivity index (χ3n) is 4.42. The zero-order valence-electron chi connectivity index (χ0n) is 16.1. The van der Waals surface area contributed by atoms with Crippen LogP contribution in [-0.4, -0.2) is 36.2 Å². The van der Waals surface area contributed by atoms with E-state index in [1.807, 2.05) is 26.0 Å². The summed E-state index contributed by atoms with van der Waals surface area (Å²) < 4.78 is 43.0. The number of sulfone groups is 1. The first-order valence-electron chi connectivity index (χ1n) is 9.06. The van der Waals surface area contributed by atoms with Crippen molar-refractivity contribution in [3.63, 3.8) is 0 Å². The molecule has 1 aromatic carbocycles. The molecule has 0 amide bonds. The summed E-state index contributed by atoms with van der Waals surface area (Å²) in [5.74, 6) is 0.344. The minimum atomic E-state index is -3.20. The number of methoxy groups -OCH3 is 1. The number of benzene rings is 1. The molecular weight excluding hydrogens is 381 g/mol. The lowest BCUT2D eigenvalue weighted by molar-refractivity contribution is 0.398. The van der Waals surface area contributed by atoms with Gasteiger partial charge in [0, 0.05) is 17.1 Å². The zero-order valence-corrected chi connectivity index (χ0v) is 16.9. The van der Waals surface area contributed by atoms with Crippen LogP contribution < -0.4 is 4.74 Å². The van der Waals surface area contributed by atoms with Gasteiger partial charge in [-0.25, -0.2) is 23.4 Å². The lowest BCUT2D eigenvalue weighted by Crippen LogP contribution is -2.10. The van der Waals surface area contributed by atoms with E-state index in [9.17, 15) is 12.8 Å². The molecular formula is C20H22FN3O3S. The van der Waals surface area contributed by atoms with Crippen molar-refractivity contribution in [2.75, 3.05) is 12.9 Å². The van der Waals surface area contributed by atoms with Gasteiger partial charge in [0.05, 0.1) is 29.8 Å². The molecule has 0 aliphatic carbocycles. The summed E-state index contributed by atoms with van der Waals surface area (Å²) in [5, 5.41) is 0.715. The van der Waals surface area contributed by atoms with E-state index in [0.717, 1.165) is 16.7 Å². The number of ether oxygens (including phenoxy) is 1. The van der Waals surface area contributed by atoms with Crippen LogP contribution in [0, 0.1) is 6.08 Å². The predicted molar refractivity (Wildman–Crippen MR) is 106 cm³/mol. The summed E-state index contributed by atoms with van der Waals surface area (Å²) in [6, 6.07) is 7.26. The molecule has 0 saturated heterocycles. The van der Waals surface area contributed by atoms with Gasteiger partial charge in [-0.05, 0) is 48.2 Å². The molecule has 8 heteroatoms. The molecule has 148 valence electrons. The van der Waals surface area contributed by atoms with Crippen molar-refractivity contribution in [3.05, 3.63) is 47.8 Å². The SMILES string of the molecule is CCCS(=O)(=O)Cc1ccc(-c2cc(CC)c3nc(F)ncc3c2)c(OC)n1. The van der Waals surface area contributed by atoms with Gasteiger partial charge < -0.3 is 4.74 Å². The van der Waals surface area contributed by atoms with Crippen LogP contribution in [0.2, 0.25) is 0 Å². The average molecular weight is 403 g/mol. The number of aromatic nitrogens is 3. The maximum Gasteiger partial charge on any atom is 0.309 e. The van der Waals surface area contributed by atoms with Crippen LogP contribution in [0.4, 0.5) is 4.39 Å². The Morgan fingerprint density at radius 3 is 2.61 bits per heavy atom. The predicted octanol–water partition coefficient (Wildman–Crippen LogP) is 3.73. The van der Waals surface area contributed by atoms with Crippen molar-refractivity contribution in [2.24, 2.45) is 0 Å². The van der Waals surface area contributed by atoms with Gasteiger partial charge in [-0.15, -0.1) is 0 Å². The van der Waals surface area contributed by atoms with E-state index in [1.54, 1.807) is 12.1 Å². The highest BCUT2D eigenvalue weighted by Gasteiger charge is 2.16. The molecule has 2 heterocycles. The van der Waals surface area contributed by atoms with Crippen LogP contribution in [0.1, 0.15) is 31.5 Å². The van der Waals surface area contributed by atoms with Crippen molar-refractivity contribution in [1.29, 1.82) is 0 Å². The Kier molecular flexibility index (Phi) is 5.88. The monoisotopic (exact) mass is 403 g/mol. The number of halogens is 1. The van der Waals surface area contributed by atoms with Crippen LogP contribution in [0.5, 0.6) is 5.88 Å². The molecule has 0 spiro atoms. The second-order valence-corrected chi connectivity index (χ2v) is 8.70. The van der Waals surface area contributed by atoms with Gasteiger partial charge in [0.2, 0.25) is 5.88 Å². The first-order chi connectivity index (χ1) is 13.4. The molecule has 3 rings (SSSR count). The normalized spacial score (nSPS) is 11.7. The van der Waals surface area contributed by atoms with Gasteiger partial charge in [0.15, 0.2) is 9.84 Å². The molecule has 6 nitrogen and oxygen atoms in total. The molecule has 0 saturated carbocycles. The molecule has 2 aromatic heterocycles. The Labute approximate surface area is 163 Å². The fraction of sp³-hybridized carbons (Fsp3) is 0.350. The van der Waals surface area contributed by atoms with Gasteiger partial charge >= 0.3 is 6.08 Å². The van der Waals surface area contributed by atoms with Crippen molar-refractivity contribution >= 4 is 20.7 Å². The largest absolute Gasteiger partial charge is 0.481 e. The second kappa shape index (κ2) is 8.18. The second-order valence-electron chi connectivity index (χ2n) is 6.52. The Bertz CT molecular complexity index is 1120. The topological polar surface area (TPSA) is 82.0 Å². The summed E-state index contributed by atoms with van der Waals surface area (Å²) in [7, 11) is -1.70. The number of rotatable bonds is 7. The highest BCUT2D eigenvalue weighted by molar-refractivity contribution is 7.90. The summed E-state index contributed by atoms with van der Waals surface area (Å²) in [4.78, 5) is 11.9. The summed E-state index contributed by atoms with van der Waals surface area (Å²) >= 11 is 0. The van der Waals surface area contributed by atoms with Crippen molar-refractivity contribution in [3.8, 4) is 17.0 Å². The highest BCUT2D eigenvalue weighted by Crippen LogP contribution is 2.32. The first-order valence-corrected chi connectivity index (χ1v) is 10.9. The molecule has 0 aliphatic rings. The number of hydrogen-bond donors (Lipinski definition) is 0. The third-order valence-corrected chi connectivity index (χ3v) is 6.18. The summed E-state index contributed by atoms with van der Waals surface area (Å²) in [6.07, 6.45) is 1.93. The third kappa shape index (κ3) is 4.27. The number of fused-ring (bicyclic) bond motifs is 1. The molecule has 0 bridgehead atoms.